The van der Waals surface area contributed by atoms with Crippen molar-refractivity contribution in [3.8, 4) is 0 Å². The molecule has 0 aromatic carbocycles. The maximum absolute atomic E-state index is 11.8. The van der Waals surface area contributed by atoms with Crippen LogP contribution >= 0.6 is 0 Å². The molecule has 0 aliphatic carbocycles. The first-order chi connectivity index (χ1) is 7.54. The monoisotopic (exact) mass is 224 g/mol. The average Bonchev–Trinajstić information content (AvgIpc) is 2.60. The second kappa shape index (κ2) is 5.70. The number of hydrogen-bond donors (Lipinski definition) is 1. The van der Waals surface area contributed by atoms with E-state index in [1.54, 1.807) is 4.90 Å². The fraction of sp³-hybridized carbons (Fsp3) is 0.583. The molecular weight excluding hydrogens is 204 g/mol. The molecule has 0 saturated carbocycles. The Balaban J connectivity index is 2.68. The lowest BCUT2D eigenvalue weighted by Gasteiger charge is -2.25. The lowest BCUT2D eigenvalue weighted by atomic mass is 10.2. The molecule has 4 heteroatoms. The summed E-state index contributed by atoms with van der Waals surface area (Å²) >= 11 is 0. The predicted octanol–water partition coefficient (Wildman–Crippen LogP) is 1.67. The third-order valence-electron chi connectivity index (χ3n) is 2.42. The highest BCUT2D eigenvalue weighted by molar-refractivity contribution is 5.76. The van der Waals surface area contributed by atoms with Crippen molar-refractivity contribution in [3.63, 3.8) is 0 Å². The lowest BCUT2D eigenvalue weighted by molar-refractivity contribution is -0.133. The van der Waals surface area contributed by atoms with Crippen LogP contribution in [0.4, 0.5) is 0 Å². The normalized spacial score (nSPS) is 10.8. The highest BCUT2D eigenvalue weighted by Gasteiger charge is 2.17. The summed E-state index contributed by atoms with van der Waals surface area (Å²) in [5, 5.41) is 0. The molecule has 0 aliphatic heterocycles. The molecule has 1 amide bonds. The molecule has 90 valence electrons. The van der Waals surface area contributed by atoms with Gasteiger partial charge in [0.05, 0.1) is 6.54 Å². The van der Waals surface area contributed by atoms with E-state index in [9.17, 15) is 4.79 Å². The van der Waals surface area contributed by atoms with E-state index in [0.29, 0.717) is 19.5 Å². The Labute approximate surface area is 96.4 Å². The second-order valence-corrected chi connectivity index (χ2v) is 4.17. The number of nitrogens with two attached hydrogens (primary N) is 1. The van der Waals surface area contributed by atoms with E-state index in [4.69, 9.17) is 10.2 Å². The Morgan fingerprint density at radius 3 is 2.62 bits per heavy atom. The van der Waals surface area contributed by atoms with Gasteiger partial charge >= 0.3 is 0 Å². The van der Waals surface area contributed by atoms with Crippen molar-refractivity contribution >= 4 is 5.91 Å². The molecule has 0 saturated heterocycles. The second-order valence-electron chi connectivity index (χ2n) is 4.17. The Bertz CT molecular complexity index is 345. The summed E-state index contributed by atoms with van der Waals surface area (Å²) in [6.07, 6.45) is 0.387. The summed E-state index contributed by atoms with van der Waals surface area (Å²) in [7, 11) is 0. The zero-order valence-electron chi connectivity index (χ0n) is 10.2. The van der Waals surface area contributed by atoms with Gasteiger partial charge < -0.3 is 15.1 Å². The van der Waals surface area contributed by atoms with Gasteiger partial charge in [0.2, 0.25) is 5.91 Å². The number of carbonyl (C=O) groups is 1. The molecule has 1 rings (SSSR count). The van der Waals surface area contributed by atoms with Gasteiger partial charge in [-0.1, -0.05) is 0 Å². The van der Waals surface area contributed by atoms with Gasteiger partial charge in [-0.05, 0) is 32.9 Å². The lowest BCUT2D eigenvalue weighted by Crippen LogP contribution is -2.37. The van der Waals surface area contributed by atoms with Crippen LogP contribution in [0.15, 0.2) is 16.5 Å². The van der Waals surface area contributed by atoms with Crippen molar-refractivity contribution < 1.29 is 9.21 Å². The van der Waals surface area contributed by atoms with Crippen molar-refractivity contribution in [1.29, 1.82) is 0 Å². The largest absolute Gasteiger partial charge is 0.464 e. The molecule has 0 aliphatic rings. The average molecular weight is 224 g/mol. The third-order valence-corrected chi connectivity index (χ3v) is 2.42. The third kappa shape index (κ3) is 3.38. The molecule has 1 heterocycles. The fourth-order valence-electron chi connectivity index (χ4n) is 1.56. The van der Waals surface area contributed by atoms with E-state index in [1.165, 1.54) is 0 Å². The summed E-state index contributed by atoms with van der Waals surface area (Å²) in [4.78, 5) is 13.6. The van der Waals surface area contributed by atoms with Gasteiger partial charge in [0, 0.05) is 19.0 Å². The van der Waals surface area contributed by atoms with Crippen molar-refractivity contribution in [2.45, 2.75) is 39.8 Å². The molecule has 0 fully saturated rings. The van der Waals surface area contributed by atoms with Crippen molar-refractivity contribution in [2.75, 3.05) is 6.54 Å². The van der Waals surface area contributed by atoms with Gasteiger partial charge in [0.1, 0.15) is 11.5 Å². The van der Waals surface area contributed by atoms with Gasteiger partial charge in [0.25, 0.3) is 0 Å². The zero-order valence-corrected chi connectivity index (χ0v) is 10.2. The number of hydrogen-bond acceptors (Lipinski definition) is 3. The minimum Gasteiger partial charge on any atom is -0.464 e. The minimum absolute atomic E-state index is 0.0755. The van der Waals surface area contributed by atoms with Crippen molar-refractivity contribution in [2.24, 2.45) is 5.73 Å². The summed E-state index contributed by atoms with van der Waals surface area (Å²) in [5.74, 6) is 1.76. The van der Waals surface area contributed by atoms with E-state index >= 15 is 0 Å². The van der Waals surface area contributed by atoms with E-state index in [1.807, 2.05) is 32.9 Å². The first-order valence-corrected chi connectivity index (χ1v) is 5.59. The van der Waals surface area contributed by atoms with Crippen LogP contribution in [-0.4, -0.2) is 23.4 Å². The molecule has 0 radical (unpaired) electrons. The predicted molar refractivity (Wildman–Crippen MR) is 62.8 cm³/mol. The summed E-state index contributed by atoms with van der Waals surface area (Å²) in [5.41, 5.74) is 5.39. The minimum atomic E-state index is 0.0755. The Morgan fingerprint density at radius 1 is 1.50 bits per heavy atom. The standard InChI is InChI=1S/C12H20N2O2/c1-9(2)14(12(15)6-7-13)8-11-5-4-10(3)16-11/h4-5,9H,6-8,13H2,1-3H3. The fourth-order valence-corrected chi connectivity index (χ4v) is 1.56. The van der Waals surface area contributed by atoms with Crippen LogP contribution in [-0.2, 0) is 11.3 Å². The van der Waals surface area contributed by atoms with Gasteiger partial charge in [-0.25, -0.2) is 0 Å². The van der Waals surface area contributed by atoms with Gasteiger partial charge in [-0.2, -0.15) is 0 Å². The Hall–Kier alpha value is -1.29. The Morgan fingerprint density at radius 2 is 2.19 bits per heavy atom. The molecular formula is C12H20N2O2. The smallest absolute Gasteiger partial charge is 0.224 e. The maximum atomic E-state index is 11.8. The molecule has 2 N–H and O–H groups in total. The van der Waals surface area contributed by atoms with Crippen LogP contribution < -0.4 is 5.73 Å². The first-order valence-electron chi connectivity index (χ1n) is 5.59. The SMILES string of the molecule is Cc1ccc(CN(C(=O)CCN)C(C)C)o1. The molecule has 0 atom stereocenters. The van der Waals surface area contributed by atoms with Crippen LogP contribution in [0.1, 0.15) is 31.8 Å². The van der Waals surface area contributed by atoms with Gasteiger partial charge in [0.15, 0.2) is 0 Å². The van der Waals surface area contributed by atoms with Crippen molar-refractivity contribution in [1.82, 2.24) is 4.90 Å². The highest BCUT2D eigenvalue weighted by atomic mass is 16.3. The summed E-state index contributed by atoms with van der Waals surface area (Å²) in [6.45, 7) is 6.78. The van der Waals surface area contributed by atoms with E-state index < -0.39 is 0 Å². The molecule has 0 unspecified atom stereocenters. The quantitative estimate of drug-likeness (QED) is 0.827. The molecule has 4 nitrogen and oxygen atoms in total. The van der Waals surface area contributed by atoms with E-state index in [0.717, 1.165) is 11.5 Å². The van der Waals surface area contributed by atoms with Gasteiger partial charge in [-0.3, -0.25) is 4.79 Å². The molecule has 16 heavy (non-hydrogen) atoms. The van der Waals surface area contributed by atoms with Crippen LogP contribution in [0.3, 0.4) is 0 Å². The Kier molecular flexibility index (Phi) is 4.55. The van der Waals surface area contributed by atoms with Crippen molar-refractivity contribution in [3.05, 3.63) is 23.7 Å². The number of nitrogens with zero attached hydrogens (tertiary/aromatic N) is 1. The number of amides is 1. The first kappa shape index (κ1) is 12.8. The highest BCUT2D eigenvalue weighted by Crippen LogP contribution is 2.12. The molecule has 0 bridgehead atoms. The molecule has 0 spiro atoms. The zero-order chi connectivity index (χ0) is 12.1. The summed E-state index contributed by atoms with van der Waals surface area (Å²) in [6, 6.07) is 3.96. The number of carbonyl (C=O) groups excluding carboxylic acids is 1. The van der Waals surface area contributed by atoms with E-state index in [-0.39, 0.29) is 11.9 Å². The topological polar surface area (TPSA) is 59.5 Å². The van der Waals surface area contributed by atoms with Crippen LogP contribution in [0.5, 0.6) is 0 Å². The number of aryl methyl sites for hydroxylation is 1. The summed E-state index contributed by atoms with van der Waals surface area (Å²) < 4.78 is 5.47. The number of rotatable bonds is 5. The maximum Gasteiger partial charge on any atom is 0.224 e. The van der Waals surface area contributed by atoms with Gasteiger partial charge in [-0.15, -0.1) is 0 Å². The van der Waals surface area contributed by atoms with Crippen LogP contribution in [0.2, 0.25) is 0 Å². The molecule has 1 aromatic rings. The van der Waals surface area contributed by atoms with E-state index in [2.05, 4.69) is 0 Å². The number of furan rings is 1. The molecule has 1 aromatic heterocycles. The van der Waals surface area contributed by atoms with Crippen LogP contribution in [0, 0.1) is 6.92 Å². The van der Waals surface area contributed by atoms with Crippen LogP contribution in [0.25, 0.3) is 0 Å².